The molecule has 1 nitrogen and oxygen atoms in total. The minimum atomic E-state index is -4.30. The number of nitrogens with two attached hydrogens (primary N) is 1. The van der Waals surface area contributed by atoms with Gasteiger partial charge in [-0.15, -0.1) is 11.3 Å². The molecule has 1 heterocycles. The Kier molecular flexibility index (Phi) is 4.32. The molecule has 0 saturated carbocycles. The maximum Gasteiger partial charge on any atom is 0.416 e. The summed E-state index contributed by atoms with van der Waals surface area (Å²) in [6.07, 6.45) is -3.69. The van der Waals surface area contributed by atoms with E-state index < -0.39 is 11.7 Å². The molecule has 0 aliphatic rings. The molecule has 0 bridgehead atoms. The van der Waals surface area contributed by atoms with Gasteiger partial charge in [0.2, 0.25) is 0 Å². The van der Waals surface area contributed by atoms with Crippen LogP contribution in [0.2, 0.25) is 0 Å². The van der Waals surface area contributed by atoms with Crippen LogP contribution in [0.1, 0.15) is 22.0 Å². The molecule has 19 heavy (non-hydrogen) atoms. The number of benzene rings is 1. The zero-order chi connectivity index (χ0) is 14.0. The van der Waals surface area contributed by atoms with E-state index in [0.717, 1.165) is 20.8 Å². The summed E-state index contributed by atoms with van der Waals surface area (Å²) in [6.45, 7) is 0. The summed E-state index contributed by atoms with van der Waals surface area (Å²) in [5, 5.41) is 0. The standard InChI is InChI=1S/C13H11BrF3NS/c14-12-6-5-10(19-12)7-11(18)8-1-3-9(4-2-8)13(15,16)17/h1-6,11H,7,18H2. The number of thiophene rings is 1. The molecule has 0 fully saturated rings. The highest BCUT2D eigenvalue weighted by Gasteiger charge is 2.30. The number of hydrogen-bond acceptors (Lipinski definition) is 2. The van der Waals surface area contributed by atoms with Gasteiger partial charge in [0, 0.05) is 17.3 Å². The Balaban J connectivity index is 2.09. The van der Waals surface area contributed by atoms with Gasteiger partial charge in [0.05, 0.1) is 9.35 Å². The maximum absolute atomic E-state index is 12.4. The van der Waals surface area contributed by atoms with Gasteiger partial charge in [-0.05, 0) is 45.8 Å². The molecule has 0 saturated heterocycles. The summed E-state index contributed by atoms with van der Waals surface area (Å²) in [7, 11) is 0. The summed E-state index contributed by atoms with van der Waals surface area (Å²) in [5.41, 5.74) is 6.06. The minimum Gasteiger partial charge on any atom is -0.324 e. The van der Waals surface area contributed by atoms with Crippen LogP contribution in [0.5, 0.6) is 0 Å². The van der Waals surface area contributed by atoms with E-state index in [-0.39, 0.29) is 6.04 Å². The molecule has 1 aromatic heterocycles. The van der Waals surface area contributed by atoms with Crippen LogP contribution >= 0.6 is 27.3 Å². The van der Waals surface area contributed by atoms with Crippen LogP contribution in [0.4, 0.5) is 13.2 Å². The average Bonchev–Trinajstić information content (AvgIpc) is 2.74. The zero-order valence-electron chi connectivity index (χ0n) is 9.75. The lowest BCUT2D eigenvalue weighted by atomic mass is 10.0. The van der Waals surface area contributed by atoms with Crippen LogP contribution < -0.4 is 5.73 Å². The number of hydrogen-bond donors (Lipinski definition) is 1. The monoisotopic (exact) mass is 349 g/mol. The summed E-state index contributed by atoms with van der Waals surface area (Å²) in [6, 6.07) is 8.61. The third-order valence-corrected chi connectivity index (χ3v) is 4.36. The van der Waals surface area contributed by atoms with Crippen molar-refractivity contribution in [2.75, 3.05) is 0 Å². The van der Waals surface area contributed by atoms with Gasteiger partial charge in [-0.3, -0.25) is 0 Å². The van der Waals surface area contributed by atoms with Crippen molar-refractivity contribution >= 4 is 27.3 Å². The lowest BCUT2D eigenvalue weighted by molar-refractivity contribution is -0.137. The Hall–Kier alpha value is -0.850. The maximum atomic E-state index is 12.4. The van der Waals surface area contributed by atoms with Gasteiger partial charge in [-0.25, -0.2) is 0 Å². The van der Waals surface area contributed by atoms with Crippen LogP contribution in [0.25, 0.3) is 0 Å². The van der Waals surface area contributed by atoms with Gasteiger partial charge in [-0.1, -0.05) is 12.1 Å². The lowest BCUT2D eigenvalue weighted by Crippen LogP contribution is -2.13. The average molecular weight is 350 g/mol. The fourth-order valence-electron chi connectivity index (χ4n) is 1.72. The normalized spacial score (nSPS) is 13.5. The van der Waals surface area contributed by atoms with E-state index in [1.54, 1.807) is 11.3 Å². The molecular weight excluding hydrogens is 339 g/mol. The fraction of sp³-hybridized carbons (Fsp3) is 0.231. The smallest absolute Gasteiger partial charge is 0.324 e. The second-order valence-corrected chi connectivity index (χ2v) is 6.68. The summed E-state index contributed by atoms with van der Waals surface area (Å²) in [4.78, 5) is 1.10. The van der Waals surface area contributed by atoms with Crippen molar-refractivity contribution in [3.63, 3.8) is 0 Å². The van der Waals surface area contributed by atoms with E-state index in [4.69, 9.17) is 5.73 Å². The van der Waals surface area contributed by atoms with Gasteiger partial charge in [0.1, 0.15) is 0 Å². The van der Waals surface area contributed by atoms with Crippen LogP contribution in [-0.4, -0.2) is 0 Å². The van der Waals surface area contributed by atoms with Gasteiger partial charge >= 0.3 is 6.18 Å². The molecular formula is C13H11BrF3NS. The number of halogens is 4. The molecule has 6 heteroatoms. The van der Waals surface area contributed by atoms with Crippen LogP contribution in [0, 0.1) is 0 Å². The third kappa shape index (κ3) is 3.81. The quantitative estimate of drug-likeness (QED) is 0.848. The van der Waals surface area contributed by atoms with E-state index in [1.807, 2.05) is 12.1 Å². The van der Waals surface area contributed by atoms with Crippen molar-refractivity contribution in [3.8, 4) is 0 Å². The van der Waals surface area contributed by atoms with E-state index in [0.29, 0.717) is 12.0 Å². The molecule has 102 valence electrons. The second kappa shape index (κ2) is 5.64. The Morgan fingerprint density at radius 1 is 1.11 bits per heavy atom. The molecule has 2 N–H and O–H groups in total. The van der Waals surface area contributed by atoms with Crippen LogP contribution in [0.3, 0.4) is 0 Å². The van der Waals surface area contributed by atoms with E-state index >= 15 is 0 Å². The SMILES string of the molecule is NC(Cc1ccc(Br)s1)c1ccc(C(F)(F)F)cc1. The first-order chi connectivity index (χ1) is 8.86. The third-order valence-electron chi connectivity index (χ3n) is 2.72. The highest BCUT2D eigenvalue weighted by molar-refractivity contribution is 9.11. The molecule has 1 atom stereocenters. The second-order valence-electron chi connectivity index (χ2n) is 4.14. The van der Waals surface area contributed by atoms with Crippen LogP contribution in [0.15, 0.2) is 40.2 Å². The Labute approximate surface area is 121 Å². The molecule has 0 aliphatic carbocycles. The predicted octanol–water partition coefficient (Wildman–Crippen LogP) is 4.77. The molecule has 1 unspecified atom stereocenters. The highest BCUT2D eigenvalue weighted by Crippen LogP contribution is 2.30. The molecule has 0 amide bonds. The zero-order valence-corrected chi connectivity index (χ0v) is 12.1. The number of rotatable bonds is 3. The summed E-state index contributed by atoms with van der Waals surface area (Å²) < 4.78 is 38.3. The molecule has 0 spiro atoms. The van der Waals surface area contributed by atoms with Crippen molar-refractivity contribution in [1.29, 1.82) is 0 Å². The Bertz CT molecular complexity index is 548. The van der Waals surface area contributed by atoms with E-state index in [2.05, 4.69) is 15.9 Å². The van der Waals surface area contributed by atoms with Crippen LogP contribution in [-0.2, 0) is 12.6 Å². The largest absolute Gasteiger partial charge is 0.416 e. The topological polar surface area (TPSA) is 26.0 Å². The first kappa shape index (κ1) is 14.6. The van der Waals surface area contributed by atoms with Gasteiger partial charge in [0.15, 0.2) is 0 Å². The predicted molar refractivity (Wildman–Crippen MR) is 74.1 cm³/mol. The molecule has 2 aromatic rings. The molecule has 0 aliphatic heterocycles. The first-order valence-corrected chi connectivity index (χ1v) is 7.14. The minimum absolute atomic E-state index is 0.298. The summed E-state index contributed by atoms with van der Waals surface area (Å²) in [5.74, 6) is 0. The van der Waals surface area contributed by atoms with Crippen molar-refractivity contribution in [2.45, 2.75) is 18.6 Å². The fourth-order valence-corrected chi connectivity index (χ4v) is 3.26. The summed E-state index contributed by atoms with van der Waals surface area (Å²) >= 11 is 4.94. The van der Waals surface area contributed by atoms with Crippen molar-refractivity contribution in [1.82, 2.24) is 0 Å². The molecule has 1 aromatic carbocycles. The molecule has 0 radical (unpaired) electrons. The van der Waals surface area contributed by atoms with Crippen molar-refractivity contribution in [3.05, 3.63) is 56.2 Å². The Morgan fingerprint density at radius 3 is 2.21 bits per heavy atom. The van der Waals surface area contributed by atoms with Crippen molar-refractivity contribution in [2.24, 2.45) is 5.73 Å². The van der Waals surface area contributed by atoms with Crippen molar-refractivity contribution < 1.29 is 13.2 Å². The van der Waals surface area contributed by atoms with E-state index in [9.17, 15) is 13.2 Å². The van der Waals surface area contributed by atoms with Gasteiger partial charge in [0.25, 0.3) is 0 Å². The Morgan fingerprint density at radius 2 is 1.74 bits per heavy atom. The van der Waals surface area contributed by atoms with Gasteiger partial charge < -0.3 is 5.73 Å². The first-order valence-electron chi connectivity index (χ1n) is 5.53. The molecule has 2 rings (SSSR count). The lowest BCUT2D eigenvalue weighted by Gasteiger charge is -2.12. The number of alkyl halides is 3. The van der Waals surface area contributed by atoms with E-state index in [1.165, 1.54) is 12.1 Å². The van der Waals surface area contributed by atoms with Gasteiger partial charge in [-0.2, -0.15) is 13.2 Å². The highest BCUT2D eigenvalue weighted by atomic mass is 79.9.